The number of amides is 5. The molecule has 1 aromatic carbocycles. The molecule has 5 rings (SSSR count). The van der Waals surface area contributed by atoms with Gasteiger partial charge >= 0.3 is 6.09 Å². The second-order valence-electron chi connectivity index (χ2n) is 10.2. The Hall–Kier alpha value is -3.64. The Balaban J connectivity index is 1.10. The predicted octanol–water partition coefficient (Wildman–Crippen LogP) is 1.85. The average molecular weight is 537 g/mol. The fourth-order valence-corrected chi connectivity index (χ4v) is 5.33. The van der Waals surface area contributed by atoms with E-state index in [-0.39, 0.29) is 87.7 Å². The zero-order valence-corrected chi connectivity index (χ0v) is 20.4. The van der Waals surface area contributed by atoms with Crippen molar-refractivity contribution in [1.29, 1.82) is 0 Å². The number of nitrogens with one attached hydrogen (secondary N) is 2. The minimum Gasteiger partial charge on any atom is -0.446 e. The summed E-state index contributed by atoms with van der Waals surface area (Å²) in [6, 6.07) is 2.14. The normalized spacial score (nSPS) is 26.4. The highest BCUT2D eigenvalue weighted by molar-refractivity contribution is 6.05. The molecule has 0 spiro atoms. The van der Waals surface area contributed by atoms with Crippen LogP contribution in [0.4, 0.5) is 18.0 Å². The Labute approximate surface area is 215 Å². The zero-order chi connectivity index (χ0) is 27.2. The van der Waals surface area contributed by atoms with Crippen molar-refractivity contribution >= 4 is 29.7 Å². The van der Waals surface area contributed by atoms with Gasteiger partial charge in [0.2, 0.25) is 17.7 Å². The Morgan fingerprint density at radius 2 is 1.84 bits per heavy atom. The van der Waals surface area contributed by atoms with Crippen molar-refractivity contribution in [2.24, 2.45) is 5.92 Å². The summed E-state index contributed by atoms with van der Waals surface area (Å²) in [7, 11) is 0. The van der Waals surface area contributed by atoms with Gasteiger partial charge in [-0.1, -0.05) is 12.1 Å². The molecule has 0 aromatic heterocycles. The van der Waals surface area contributed by atoms with Crippen LogP contribution in [0.5, 0.6) is 0 Å². The average Bonchev–Trinajstić information content (AvgIpc) is 3.17. The summed E-state index contributed by atoms with van der Waals surface area (Å²) in [5.41, 5.74) is 0.298. The molecule has 4 aliphatic rings. The summed E-state index contributed by atoms with van der Waals surface area (Å²) in [5.74, 6) is -5.80. The quantitative estimate of drug-likeness (QED) is 0.554. The Kier molecular flexibility index (Phi) is 6.78. The van der Waals surface area contributed by atoms with Crippen molar-refractivity contribution in [3.8, 4) is 0 Å². The number of halogens is 3. The summed E-state index contributed by atoms with van der Waals surface area (Å²) in [6.07, 6.45) is -1.20. The first-order valence-corrected chi connectivity index (χ1v) is 12.6. The summed E-state index contributed by atoms with van der Waals surface area (Å²) >= 11 is 0. The van der Waals surface area contributed by atoms with Crippen LogP contribution in [0.25, 0.3) is 0 Å². The summed E-state index contributed by atoms with van der Waals surface area (Å²) in [5, 5.41) is 4.63. The highest BCUT2D eigenvalue weighted by Crippen LogP contribution is 2.35. The molecule has 10 nitrogen and oxygen atoms in total. The summed E-state index contributed by atoms with van der Waals surface area (Å²) < 4.78 is 47.1. The molecule has 3 aliphatic heterocycles. The molecule has 1 unspecified atom stereocenters. The molecule has 0 bridgehead atoms. The van der Waals surface area contributed by atoms with Gasteiger partial charge in [-0.3, -0.25) is 24.5 Å². The van der Waals surface area contributed by atoms with E-state index in [1.54, 1.807) is 6.07 Å². The first kappa shape index (κ1) is 26.0. The van der Waals surface area contributed by atoms with Crippen LogP contribution < -0.4 is 10.6 Å². The number of fused-ring (bicyclic) bond motifs is 1. The molecule has 1 aliphatic carbocycles. The van der Waals surface area contributed by atoms with Crippen molar-refractivity contribution in [3.63, 3.8) is 0 Å². The van der Waals surface area contributed by atoms with Crippen molar-refractivity contribution in [2.75, 3.05) is 13.1 Å². The topological polar surface area (TPSA) is 125 Å². The van der Waals surface area contributed by atoms with E-state index in [1.807, 2.05) is 0 Å². The Morgan fingerprint density at radius 3 is 2.53 bits per heavy atom. The van der Waals surface area contributed by atoms with Crippen LogP contribution >= 0.6 is 0 Å². The number of carbonyl (C=O) groups excluding carboxylic acids is 5. The van der Waals surface area contributed by atoms with E-state index in [4.69, 9.17) is 4.74 Å². The van der Waals surface area contributed by atoms with Crippen LogP contribution in [0.1, 0.15) is 60.0 Å². The summed E-state index contributed by atoms with van der Waals surface area (Å²) in [6.45, 7) is -0.196. The molecule has 1 atom stereocenters. The highest BCUT2D eigenvalue weighted by atomic mass is 19.3. The number of ether oxygens (including phenoxy) is 1. The number of alkyl halides is 2. The van der Waals surface area contributed by atoms with E-state index in [9.17, 15) is 32.8 Å². The maximum Gasteiger partial charge on any atom is 0.407 e. The molecule has 2 N–H and O–H groups in total. The van der Waals surface area contributed by atoms with Gasteiger partial charge in [0.05, 0.1) is 5.56 Å². The van der Waals surface area contributed by atoms with Crippen LogP contribution in [0.3, 0.4) is 0 Å². The van der Waals surface area contributed by atoms with Crippen LogP contribution in [0.2, 0.25) is 0 Å². The lowest BCUT2D eigenvalue weighted by molar-refractivity contribution is -0.148. The first-order valence-electron chi connectivity index (χ1n) is 12.6. The highest BCUT2D eigenvalue weighted by Gasteiger charge is 2.43. The third kappa shape index (κ3) is 5.05. The number of hydrogen-bond donors (Lipinski definition) is 2. The molecule has 5 amide bonds. The van der Waals surface area contributed by atoms with Crippen LogP contribution in [0.15, 0.2) is 12.1 Å². The molecule has 13 heteroatoms. The van der Waals surface area contributed by atoms with E-state index < -0.39 is 47.7 Å². The lowest BCUT2D eigenvalue weighted by Gasteiger charge is -2.39. The number of benzene rings is 1. The van der Waals surface area contributed by atoms with E-state index in [0.717, 1.165) is 0 Å². The van der Waals surface area contributed by atoms with Gasteiger partial charge in [-0.05, 0) is 24.8 Å². The number of hydrogen-bond acceptors (Lipinski definition) is 6. The van der Waals surface area contributed by atoms with E-state index >= 15 is 4.39 Å². The van der Waals surface area contributed by atoms with Gasteiger partial charge in [-0.15, -0.1) is 0 Å². The molecule has 1 aromatic rings. The molecule has 3 heterocycles. The van der Waals surface area contributed by atoms with Gasteiger partial charge in [-0.25, -0.2) is 18.0 Å². The number of imide groups is 1. The van der Waals surface area contributed by atoms with Crippen molar-refractivity contribution < 1.29 is 41.9 Å². The minimum atomic E-state index is -2.74. The van der Waals surface area contributed by atoms with Gasteiger partial charge in [-0.2, -0.15) is 0 Å². The smallest absolute Gasteiger partial charge is 0.407 e. The van der Waals surface area contributed by atoms with Crippen LogP contribution in [-0.2, 0) is 32.2 Å². The van der Waals surface area contributed by atoms with Gasteiger partial charge < -0.3 is 19.9 Å². The fraction of sp³-hybridized carbons (Fsp3) is 0.560. The zero-order valence-electron chi connectivity index (χ0n) is 20.4. The van der Waals surface area contributed by atoms with Crippen LogP contribution in [0, 0.1) is 11.7 Å². The van der Waals surface area contributed by atoms with Crippen molar-refractivity contribution in [1.82, 2.24) is 20.4 Å². The number of likely N-dealkylation sites (tertiary alicyclic amines) is 1. The molecule has 38 heavy (non-hydrogen) atoms. The number of alkyl carbamates (subject to hydrolysis) is 1. The van der Waals surface area contributed by atoms with E-state index in [0.29, 0.717) is 5.56 Å². The maximum atomic E-state index is 15.2. The Morgan fingerprint density at radius 1 is 1.13 bits per heavy atom. The second kappa shape index (κ2) is 9.91. The largest absolute Gasteiger partial charge is 0.446 e. The monoisotopic (exact) mass is 536 g/mol. The van der Waals surface area contributed by atoms with Crippen molar-refractivity contribution in [3.05, 3.63) is 34.6 Å². The standard InChI is InChI=1S/C25H27F3N4O6/c26-20-13(1-2-14-12-32(23(36)19(14)20)17-3-4-18(33)30-21(17)34)11-29-24(37)38-16-9-15(10-16)22(35)31-7-5-25(27,28)6-8-31/h1-2,15-17H,3-12H2,(H,29,37)(H,30,33,34). The SMILES string of the molecule is O=C1CCC(N2Cc3ccc(CNC(=O)OC4CC(C(=O)N5CCC(F)(F)CC5)C4)c(F)c3C2=O)C(=O)N1. The molecule has 3 fully saturated rings. The Bertz CT molecular complexity index is 1190. The summed E-state index contributed by atoms with van der Waals surface area (Å²) in [4.78, 5) is 63.8. The molecule has 0 radical (unpaired) electrons. The fourth-order valence-electron chi connectivity index (χ4n) is 5.33. The number of carbonyl (C=O) groups is 5. The second-order valence-corrected chi connectivity index (χ2v) is 10.2. The molecule has 204 valence electrons. The molecular weight excluding hydrogens is 509 g/mol. The lowest BCUT2D eigenvalue weighted by Crippen LogP contribution is -2.52. The van der Waals surface area contributed by atoms with Gasteiger partial charge in [0.1, 0.15) is 18.0 Å². The van der Waals surface area contributed by atoms with Crippen LogP contribution in [-0.4, -0.2) is 70.7 Å². The molecule has 1 saturated carbocycles. The lowest BCUT2D eigenvalue weighted by atomic mass is 9.81. The van der Waals surface area contributed by atoms with E-state index in [1.165, 1.54) is 15.9 Å². The number of nitrogens with zero attached hydrogens (tertiary/aromatic N) is 2. The minimum absolute atomic E-state index is 0.00841. The maximum absolute atomic E-state index is 15.2. The number of rotatable bonds is 5. The predicted molar refractivity (Wildman–Crippen MR) is 123 cm³/mol. The molecule has 2 saturated heterocycles. The van der Waals surface area contributed by atoms with Crippen molar-refractivity contribution in [2.45, 2.75) is 69.7 Å². The first-order chi connectivity index (χ1) is 18.0. The van der Waals surface area contributed by atoms with Gasteiger partial charge in [0, 0.05) is 56.9 Å². The van der Waals surface area contributed by atoms with E-state index in [2.05, 4.69) is 10.6 Å². The van der Waals surface area contributed by atoms with Gasteiger partial charge in [0.15, 0.2) is 0 Å². The van der Waals surface area contributed by atoms with Gasteiger partial charge in [0.25, 0.3) is 11.8 Å². The number of piperidine rings is 2. The molecular formula is C25H27F3N4O6. The third-order valence-electron chi connectivity index (χ3n) is 7.66. The third-order valence-corrected chi connectivity index (χ3v) is 7.66.